The number of carbonyl (C=O) groups excluding carboxylic acids is 1. The molecule has 3 aromatic rings. The number of fused-ring (bicyclic) bond motifs is 1. The average Bonchev–Trinajstić information content (AvgIpc) is 3.09. The van der Waals surface area contributed by atoms with E-state index in [-0.39, 0.29) is 17.7 Å². The minimum atomic E-state index is -0.503. The molecule has 0 saturated heterocycles. The molecule has 0 fully saturated rings. The Morgan fingerprint density at radius 3 is 2.67 bits per heavy atom. The molecular weight excluding hydrogens is 348 g/mol. The highest BCUT2D eigenvalue weighted by molar-refractivity contribution is 5.82. The van der Waals surface area contributed by atoms with Crippen LogP contribution in [0.25, 0.3) is 17.2 Å². The van der Waals surface area contributed by atoms with Gasteiger partial charge in [-0.15, -0.1) is 0 Å². The first kappa shape index (κ1) is 18.1. The Bertz CT molecular complexity index is 1150. The molecule has 1 N–H and O–H groups in total. The smallest absolute Gasteiger partial charge is 0.307 e. The number of allylic oxidation sites excluding steroid dienone is 1. The molecule has 9 nitrogen and oxygen atoms in total. The summed E-state index contributed by atoms with van der Waals surface area (Å²) in [6.45, 7) is -0.128. The van der Waals surface area contributed by atoms with Crippen LogP contribution in [-0.2, 0) is 25.4 Å². The molecule has 138 valence electrons. The van der Waals surface area contributed by atoms with E-state index in [4.69, 9.17) is 0 Å². The predicted octanol–water partition coefficient (Wildman–Crippen LogP) is 0.249. The Labute approximate surface area is 153 Å². The Balaban J connectivity index is 1.70. The Hall–Kier alpha value is -3.75. The zero-order chi connectivity index (χ0) is 19.4. The third kappa shape index (κ3) is 3.76. The van der Waals surface area contributed by atoms with Crippen LogP contribution in [0.2, 0.25) is 0 Å². The molecule has 0 radical (unpaired) electrons. The standard InChI is InChI=1S/C18H18N6O3/c1-22-16-15(17(26)23(2)18(22)27)19-12-24(16)11-14(25)21-20-10-6-9-13-7-4-3-5-8-13/h3-10,12H,11H2,1-2H3,(H,21,25)/b9-6+,20-10+. The lowest BCUT2D eigenvalue weighted by molar-refractivity contribution is -0.121. The fraction of sp³-hybridized carbons (Fsp3) is 0.167. The van der Waals surface area contributed by atoms with Crippen molar-refractivity contribution < 1.29 is 4.79 Å². The second kappa shape index (κ2) is 7.65. The Morgan fingerprint density at radius 1 is 1.19 bits per heavy atom. The summed E-state index contributed by atoms with van der Waals surface area (Å²) in [4.78, 5) is 40.2. The molecule has 0 bridgehead atoms. The van der Waals surface area contributed by atoms with Gasteiger partial charge < -0.3 is 4.57 Å². The topological polar surface area (TPSA) is 103 Å². The van der Waals surface area contributed by atoms with Gasteiger partial charge in [-0.3, -0.25) is 18.7 Å². The van der Waals surface area contributed by atoms with Crippen molar-refractivity contribution in [2.75, 3.05) is 0 Å². The van der Waals surface area contributed by atoms with Crippen molar-refractivity contribution in [1.82, 2.24) is 24.1 Å². The molecule has 9 heteroatoms. The molecule has 3 rings (SSSR count). The summed E-state index contributed by atoms with van der Waals surface area (Å²) in [5, 5.41) is 3.84. The molecule has 2 heterocycles. The van der Waals surface area contributed by atoms with Crippen LogP contribution in [0.15, 0.2) is 57.4 Å². The van der Waals surface area contributed by atoms with Crippen LogP contribution in [0.1, 0.15) is 5.56 Å². The van der Waals surface area contributed by atoms with E-state index in [0.717, 1.165) is 10.1 Å². The van der Waals surface area contributed by atoms with E-state index in [9.17, 15) is 14.4 Å². The van der Waals surface area contributed by atoms with Gasteiger partial charge in [0.05, 0.1) is 6.33 Å². The number of benzene rings is 1. The number of nitrogens with zero attached hydrogens (tertiary/aromatic N) is 5. The zero-order valence-corrected chi connectivity index (χ0v) is 14.9. The van der Waals surface area contributed by atoms with Gasteiger partial charge in [0.15, 0.2) is 5.52 Å². The highest BCUT2D eigenvalue weighted by atomic mass is 16.2. The summed E-state index contributed by atoms with van der Waals surface area (Å²) >= 11 is 0. The van der Waals surface area contributed by atoms with E-state index in [0.29, 0.717) is 0 Å². The molecule has 0 atom stereocenters. The van der Waals surface area contributed by atoms with Gasteiger partial charge >= 0.3 is 5.69 Å². The third-order valence-electron chi connectivity index (χ3n) is 3.96. The largest absolute Gasteiger partial charge is 0.332 e. The molecule has 0 aliphatic carbocycles. The molecule has 27 heavy (non-hydrogen) atoms. The van der Waals surface area contributed by atoms with E-state index in [2.05, 4.69) is 15.5 Å². The number of hydrogen-bond donors (Lipinski definition) is 1. The maximum atomic E-state index is 12.1. The van der Waals surface area contributed by atoms with Gasteiger partial charge in [0.1, 0.15) is 12.2 Å². The molecular formula is C18H18N6O3. The van der Waals surface area contributed by atoms with Gasteiger partial charge in [-0.05, 0) is 11.6 Å². The van der Waals surface area contributed by atoms with Crippen molar-refractivity contribution in [1.29, 1.82) is 0 Å². The van der Waals surface area contributed by atoms with E-state index in [1.807, 2.05) is 36.4 Å². The zero-order valence-electron chi connectivity index (χ0n) is 14.9. The second-order valence-corrected chi connectivity index (χ2v) is 5.83. The average molecular weight is 366 g/mol. The van der Waals surface area contributed by atoms with Crippen molar-refractivity contribution in [3.05, 3.63) is 69.1 Å². The van der Waals surface area contributed by atoms with E-state index in [1.165, 1.54) is 35.8 Å². The van der Waals surface area contributed by atoms with Crippen molar-refractivity contribution >= 4 is 29.4 Å². The minimum Gasteiger partial charge on any atom is -0.307 e. The molecule has 0 unspecified atom stereocenters. The highest BCUT2D eigenvalue weighted by Crippen LogP contribution is 2.05. The van der Waals surface area contributed by atoms with Crippen LogP contribution in [0.5, 0.6) is 0 Å². The van der Waals surface area contributed by atoms with Gasteiger partial charge in [0.25, 0.3) is 11.5 Å². The van der Waals surface area contributed by atoms with Crippen LogP contribution >= 0.6 is 0 Å². The quantitative estimate of drug-likeness (QED) is 0.516. The first-order chi connectivity index (χ1) is 13.0. The monoisotopic (exact) mass is 366 g/mol. The maximum Gasteiger partial charge on any atom is 0.332 e. The van der Waals surface area contributed by atoms with Crippen molar-refractivity contribution in [2.45, 2.75) is 6.54 Å². The SMILES string of the molecule is Cn1c(=O)c2ncn(CC(=O)N/N=C/C=C/c3ccccc3)c2n(C)c1=O. The molecule has 0 aliphatic heterocycles. The van der Waals surface area contributed by atoms with Gasteiger partial charge in [-0.1, -0.05) is 36.4 Å². The first-order valence-electron chi connectivity index (χ1n) is 8.13. The summed E-state index contributed by atoms with van der Waals surface area (Å²) in [7, 11) is 2.90. The van der Waals surface area contributed by atoms with Crippen LogP contribution in [0.4, 0.5) is 0 Å². The fourth-order valence-electron chi connectivity index (χ4n) is 2.62. The molecule has 0 aliphatic rings. The Kier molecular flexibility index (Phi) is 5.11. The van der Waals surface area contributed by atoms with Crippen LogP contribution < -0.4 is 16.7 Å². The lowest BCUT2D eigenvalue weighted by Crippen LogP contribution is -2.37. The third-order valence-corrected chi connectivity index (χ3v) is 3.96. The molecule has 0 saturated carbocycles. The van der Waals surface area contributed by atoms with E-state index >= 15 is 0 Å². The van der Waals surface area contributed by atoms with Crippen molar-refractivity contribution in [3.63, 3.8) is 0 Å². The van der Waals surface area contributed by atoms with Crippen molar-refractivity contribution in [3.8, 4) is 0 Å². The molecule has 1 amide bonds. The fourth-order valence-corrected chi connectivity index (χ4v) is 2.62. The molecule has 0 spiro atoms. The van der Waals surface area contributed by atoms with Gasteiger partial charge in [0, 0.05) is 20.3 Å². The van der Waals surface area contributed by atoms with Crippen LogP contribution in [0.3, 0.4) is 0 Å². The van der Waals surface area contributed by atoms with Crippen LogP contribution in [0, 0.1) is 0 Å². The number of nitrogens with one attached hydrogen (secondary N) is 1. The molecule has 1 aromatic carbocycles. The minimum absolute atomic E-state index is 0.127. The lowest BCUT2D eigenvalue weighted by atomic mass is 10.2. The van der Waals surface area contributed by atoms with Gasteiger partial charge in [-0.2, -0.15) is 5.10 Å². The summed E-state index contributed by atoms with van der Waals surface area (Å²) < 4.78 is 3.69. The van der Waals surface area contributed by atoms with E-state index < -0.39 is 17.2 Å². The number of amides is 1. The van der Waals surface area contributed by atoms with Gasteiger partial charge in [-0.25, -0.2) is 15.2 Å². The number of hydrazone groups is 1. The maximum absolute atomic E-state index is 12.1. The summed E-state index contributed by atoms with van der Waals surface area (Å²) in [6.07, 6.45) is 6.37. The predicted molar refractivity (Wildman–Crippen MR) is 102 cm³/mol. The number of aromatic nitrogens is 4. The number of aryl methyl sites for hydroxylation is 1. The number of imidazole rings is 1. The molecule has 2 aromatic heterocycles. The Morgan fingerprint density at radius 2 is 1.93 bits per heavy atom. The second-order valence-electron chi connectivity index (χ2n) is 5.83. The first-order valence-corrected chi connectivity index (χ1v) is 8.13. The highest BCUT2D eigenvalue weighted by Gasteiger charge is 2.15. The normalized spacial score (nSPS) is 11.6. The lowest BCUT2D eigenvalue weighted by Gasteiger charge is -2.07. The number of carbonyl (C=O) groups is 1. The number of hydrogen-bond acceptors (Lipinski definition) is 5. The van der Waals surface area contributed by atoms with Gasteiger partial charge in [0.2, 0.25) is 0 Å². The number of rotatable bonds is 5. The van der Waals surface area contributed by atoms with Crippen LogP contribution in [-0.4, -0.2) is 30.8 Å². The van der Waals surface area contributed by atoms with E-state index in [1.54, 1.807) is 6.08 Å². The van der Waals surface area contributed by atoms with Crippen molar-refractivity contribution in [2.24, 2.45) is 19.2 Å². The summed E-state index contributed by atoms with van der Waals surface area (Å²) in [6, 6.07) is 9.67. The summed E-state index contributed by atoms with van der Waals surface area (Å²) in [5.74, 6) is -0.410. The summed E-state index contributed by atoms with van der Waals surface area (Å²) in [5.41, 5.74) is 2.83.